The fraction of sp³-hybridized carbons (Fsp3) is 0.632. The van der Waals surface area contributed by atoms with Crippen molar-refractivity contribution in [3.63, 3.8) is 0 Å². The molecule has 0 aromatic heterocycles. The number of amides is 1. The van der Waals surface area contributed by atoms with Gasteiger partial charge < -0.3 is 20.5 Å². The third kappa shape index (κ3) is 3.66. The molecule has 2 aliphatic rings. The van der Waals surface area contributed by atoms with Crippen LogP contribution in [-0.4, -0.2) is 24.7 Å². The minimum atomic E-state index is -0.703. The van der Waals surface area contributed by atoms with Gasteiger partial charge in [-0.15, -0.1) is 0 Å². The summed E-state index contributed by atoms with van der Waals surface area (Å²) < 4.78 is 11.7. The summed E-state index contributed by atoms with van der Waals surface area (Å²) in [6, 6.07) is 5.80. The fourth-order valence-electron chi connectivity index (χ4n) is 3.75. The first-order chi connectivity index (χ1) is 11.6. The molecule has 0 aliphatic heterocycles. The highest BCUT2D eigenvalue weighted by atomic mass is 16.5. The number of nitrogens with one attached hydrogen (secondary N) is 1. The van der Waals surface area contributed by atoms with Crippen LogP contribution in [0.3, 0.4) is 0 Å². The van der Waals surface area contributed by atoms with E-state index in [1.165, 1.54) is 12.8 Å². The summed E-state index contributed by atoms with van der Waals surface area (Å²) in [5.74, 6) is 1.41. The van der Waals surface area contributed by atoms with Gasteiger partial charge in [-0.3, -0.25) is 4.79 Å². The van der Waals surface area contributed by atoms with E-state index in [0.717, 1.165) is 55.6 Å². The van der Waals surface area contributed by atoms with Gasteiger partial charge in [-0.2, -0.15) is 0 Å². The molecule has 2 fully saturated rings. The molecule has 0 heterocycles. The smallest absolute Gasteiger partial charge is 0.240 e. The zero-order valence-corrected chi connectivity index (χ0v) is 14.5. The molecule has 24 heavy (non-hydrogen) atoms. The van der Waals surface area contributed by atoms with Crippen LogP contribution in [0.4, 0.5) is 0 Å². The minimum absolute atomic E-state index is 0.0605. The highest BCUT2D eigenvalue weighted by Crippen LogP contribution is 2.35. The van der Waals surface area contributed by atoms with Crippen LogP contribution in [0, 0.1) is 0 Å². The van der Waals surface area contributed by atoms with E-state index in [9.17, 15) is 4.79 Å². The van der Waals surface area contributed by atoms with Crippen molar-refractivity contribution in [1.82, 2.24) is 5.32 Å². The first-order valence-electron chi connectivity index (χ1n) is 9.02. The Morgan fingerprint density at radius 3 is 2.62 bits per heavy atom. The maximum Gasteiger partial charge on any atom is 0.240 e. The molecule has 5 heteroatoms. The highest BCUT2D eigenvalue weighted by molar-refractivity contribution is 5.86. The Kier molecular flexibility index (Phi) is 5.29. The topological polar surface area (TPSA) is 73.6 Å². The predicted molar refractivity (Wildman–Crippen MR) is 93.1 cm³/mol. The second-order valence-electron chi connectivity index (χ2n) is 7.02. The number of benzene rings is 1. The van der Waals surface area contributed by atoms with Crippen molar-refractivity contribution in [2.45, 2.75) is 69.6 Å². The monoisotopic (exact) mass is 332 g/mol. The summed E-state index contributed by atoms with van der Waals surface area (Å²) in [7, 11) is 1.65. The van der Waals surface area contributed by atoms with Crippen LogP contribution in [0.25, 0.3) is 0 Å². The number of carbonyl (C=O) groups is 1. The zero-order valence-electron chi connectivity index (χ0n) is 14.5. The van der Waals surface area contributed by atoms with Gasteiger partial charge in [0.2, 0.25) is 5.91 Å². The van der Waals surface area contributed by atoms with Crippen molar-refractivity contribution < 1.29 is 14.3 Å². The van der Waals surface area contributed by atoms with E-state index >= 15 is 0 Å². The van der Waals surface area contributed by atoms with Gasteiger partial charge >= 0.3 is 0 Å². The standard InChI is InChI=1S/C19H28N2O3/c1-23-16-10-6-7-14(17(16)24-15-8-2-3-9-15)13-21-18(22)19(20)11-4-5-12-19/h6-7,10,15H,2-5,8-9,11-13,20H2,1H3,(H,21,22). The van der Waals surface area contributed by atoms with Crippen LogP contribution < -0.4 is 20.5 Å². The van der Waals surface area contributed by atoms with Gasteiger partial charge in [-0.25, -0.2) is 0 Å². The zero-order chi connectivity index (χ0) is 17.0. The number of carbonyl (C=O) groups excluding carboxylic acids is 1. The molecule has 1 aromatic rings. The van der Waals surface area contributed by atoms with Crippen LogP contribution >= 0.6 is 0 Å². The Hall–Kier alpha value is -1.75. The summed E-state index contributed by atoms with van der Waals surface area (Å²) in [6.07, 6.45) is 8.41. The van der Waals surface area contributed by atoms with E-state index in [0.29, 0.717) is 6.54 Å². The van der Waals surface area contributed by atoms with Crippen molar-refractivity contribution in [3.8, 4) is 11.5 Å². The Balaban J connectivity index is 1.70. The number of rotatable bonds is 6. The first kappa shape index (κ1) is 17.1. The molecular formula is C19H28N2O3. The lowest BCUT2D eigenvalue weighted by molar-refractivity contribution is -0.126. The van der Waals surface area contributed by atoms with Crippen LogP contribution in [0.15, 0.2) is 18.2 Å². The van der Waals surface area contributed by atoms with Crippen LogP contribution in [-0.2, 0) is 11.3 Å². The van der Waals surface area contributed by atoms with Crippen molar-refractivity contribution in [3.05, 3.63) is 23.8 Å². The Morgan fingerprint density at radius 1 is 1.25 bits per heavy atom. The lowest BCUT2D eigenvalue weighted by Gasteiger charge is -2.23. The Bertz CT molecular complexity index is 576. The maximum absolute atomic E-state index is 12.4. The lowest BCUT2D eigenvalue weighted by Crippen LogP contribution is -2.51. The van der Waals surface area contributed by atoms with Gasteiger partial charge in [0.05, 0.1) is 18.8 Å². The quantitative estimate of drug-likeness (QED) is 0.840. The third-order valence-corrected chi connectivity index (χ3v) is 5.25. The number of hydrogen-bond acceptors (Lipinski definition) is 4. The average Bonchev–Trinajstić information content (AvgIpc) is 3.26. The van der Waals surface area contributed by atoms with Crippen molar-refractivity contribution >= 4 is 5.91 Å². The summed E-state index contributed by atoms with van der Waals surface area (Å²) in [4.78, 5) is 12.4. The van der Waals surface area contributed by atoms with E-state index in [1.54, 1.807) is 7.11 Å². The number of hydrogen-bond donors (Lipinski definition) is 2. The lowest BCUT2D eigenvalue weighted by atomic mass is 9.98. The molecule has 3 rings (SSSR count). The van der Waals surface area contributed by atoms with Gasteiger partial charge in [0.25, 0.3) is 0 Å². The normalized spacial score (nSPS) is 20.1. The molecule has 1 aromatic carbocycles. The molecule has 2 saturated carbocycles. The molecule has 0 unspecified atom stereocenters. The van der Waals surface area contributed by atoms with E-state index in [2.05, 4.69) is 5.32 Å². The van der Waals surface area contributed by atoms with Gasteiger partial charge in [0.15, 0.2) is 11.5 Å². The number of methoxy groups -OCH3 is 1. The van der Waals surface area contributed by atoms with Crippen molar-refractivity contribution in [2.24, 2.45) is 5.73 Å². The second-order valence-corrected chi connectivity index (χ2v) is 7.02. The van der Waals surface area contributed by atoms with Crippen LogP contribution in [0.1, 0.15) is 56.9 Å². The van der Waals surface area contributed by atoms with E-state index in [4.69, 9.17) is 15.2 Å². The van der Waals surface area contributed by atoms with E-state index in [-0.39, 0.29) is 12.0 Å². The molecule has 2 aliphatic carbocycles. The summed E-state index contributed by atoms with van der Waals surface area (Å²) in [5, 5.41) is 3.00. The largest absolute Gasteiger partial charge is 0.493 e. The number of nitrogens with two attached hydrogens (primary N) is 1. The molecule has 0 saturated heterocycles. The summed E-state index contributed by atoms with van der Waals surface area (Å²) in [6.45, 7) is 0.414. The van der Waals surface area contributed by atoms with Crippen LogP contribution in [0.2, 0.25) is 0 Å². The molecule has 5 nitrogen and oxygen atoms in total. The van der Waals surface area contributed by atoms with Gasteiger partial charge in [-0.1, -0.05) is 25.0 Å². The minimum Gasteiger partial charge on any atom is -0.493 e. The molecule has 0 bridgehead atoms. The average molecular weight is 332 g/mol. The molecule has 132 valence electrons. The predicted octanol–water partition coefficient (Wildman–Crippen LogP) is 2.90. The molecule has 0 spiro atoms. The van der Waals surface area contributed by atoms with E-state index in [1.807, 2.05) is 18.2 Å². The van der Waals surface area contributed by atoms with E-state index < -0.39 is 5.54 Å². The van der Waals surface area contributed by atoms with Gasteiger partial charge in [-0.05, 0) is 44.6 Å². The maximum atomic E-state index is 12.4. The first-order valence-corrected chi connectivity index (χ1v) is 9.02. The number of para-hydroxylation sites is 1. The third-order valence-electron chi connectivity index (χ3n) is 5.25. The van der Waals surface area contributed by atoms with Crippen molar-refractivity contribution in [1.29, 1.82) is 0 Å². The van der Waals surface area contributed by atoms with Crippen LogP contribution in [0.5, 0.6) is 11.5 Å². The summed E-state index contributed by atoms with van der Waals surface area (Å²) >= 11 is 0. The fourth-order valence-corrected chi connectivity index (χ4v) is 3.75. The molecule has 0 radical (unpaired) electrons. The molecule has 1 amide bonds. The van der Waals surface area contributed by atoms with Gasteiger partial charge in [0.1, 0.15) is 0 Å². The molecule has 3 N–H and O–H groups in total. The molecular weight excluding hydrogens is 304 g/mol. The Morgan fingerprint density at radius 2 is 1.96 bits per heavy atom. The second kappa shape index (κ2) is 7.43. The molecule has 0 atom stereocenters. The van der Waals surface area contributed by atoms with Gasteiger partial charge in [0, 0.05) is 12.1 Å². The number of ether oxygens (including phenoxy) is 2. The Labute approximate surface area is 143 Å². The highest BCUT2D eigenvalue weighted by Gasteiger charge is 2.36. The van der Waals surface area contributed by atoms with Crippen molar-refractivity contribution in [2.75, 3.05) is 7.11 Å². The SMILES string of the molecule is COc1cccc(CNC(=O)C2(N)CCCC2)c1OC1CCCC1. The summed E-state index contributed by atoms with van der Waals surface area (Å²) in [5.41, 5.74) is 6.46.